The second kappa shape index (κ2) is 7.07. The predicted octanol–water partition coefficient (Wildman–Crippen LogP) is 2.26. The Morgan fingerprint density at radius 1 is 1.44 bits per heavy atom. The summed E-state index contributed by atoms with van der Waals surface area (Å²) in [6, 6.07) is 9.58. The average Bonchev–Trinajstić information content (AvgIpc) is 2.38. The molecular formula is C13H17N5. The van der Waals surface area contributed by atoms with Crippen molar-refractivity contribution in [2.45, 2.75) is 26.2 Å². The van der Waals surface area contributed by atoms with E-state index in [9.17, 15) is 0 Å². The van der Waals surface area contributed by atoms with Crippen molar-refractivity contribution in [2.24, 2.45) is 10.8 Å². The van der Waals surface area contributed by atoms with Crippen LogP contribution in [0.4, 0.5) is 5.69 Å². The second-order valence-electron chi connectivity index (χ2n) is 3.90. The molecule has 0 aliphatic rings. The average molecular weight is 243 g/mol. The van der Waals surface area contributed by atoms with Gasteiger partial charge in [-0.15, -0.1) is 0 Å². The maximum absolute atomic E-state index is 8.67. The summed E-state index contributed by atoms with van der Waals surface area (Å²) in [5, 5.41) is 19.5. The van der Waals surface area contributed by atoms with E-state index in [2.05, 4.69) is 17.5 Å². The van der Waals surface area contributed by atoms with E-state index in [-0.39, 0.29) is 11.5 Å². The van der Waals surface area contributed by atoms with E-state index in [1.54, 1.807) is 6.07 Å². The number of anilines is 1. The van der Waals surface area contributed by atoms with E-state index in [4.69, 9.17) is 16.4 Å². The summed E-state index contributed by atoms with van der Waals surface area (Å²) in [4.78, 5) is 0. The van der Waals surface area contributed by atoms with Gasteiger partial charge in [0.2, 0.25) is 5.71 Å². The van der Waals surface area contributed by atoms with Crippen molar-refractivity contribution in [3.8, 4) is 6.07 Å². The van der Waals surface area contributed by atoms with Crippen molar-refractivity contribution in [1.82, 2.24) is 0 Å². The fourth-order valence-electron chi connectivity index (χ4n) is 1.39. The molecule has 94 valence electrons. The van der Waals surface area contributed by atoms with E-state index in [0.29, 0.717) is 0 Å². The predicted molar refractivity (Wildman–Crippen MR) is 73.6 cm³/mol. The van der Waals surface area contributed by atoms with Crippen LogP contribution in [-0.2, 0) is 6.42 Å². The third kappa shape index (κ3) is 4.26. The number of nitrogens with two attached hydrogens (primary N) is 1. The molecule has 0 fully saturated rings. The Balaban J connectivity index is 2.64. The molecule has 0 radical (unpaired) electrons. The van der Waals surface area contributed by atoms with Gasteiger partial charge in [0.15, 0.2) is 5.84 Å². The van der Waals surface area contributed by atoms with E-state index < -0.39 is 0 Å². The number of hydrogen-bond donors (Lipinski definition) is 3. The number of rotatable bonds is 6. The molecule has 5 heteroatoms. The first-order valence-corrected chi connectivity index (χ1v) is 5.84. The summed E-state index contributed by atoms with van der Waals surface area (Å²) >= 11 is 0. The van der Waals surface area contributed by atoms with Gasteiger partial charge in [0.1, 0.15) is 6.07 Å². The third-order valence-electron chi connectivity index (χ3n) is 2.43. The number of aryl methyl sites for hydroxylation is 1. The molecule has 0 amide bonds. The second-order valence-corrected chi connectivity index (χ2v) is 3.90. The molecule has 18 heavy (non-hydrogen) atoms. The standard InChI is InChI=1S/C13H17N5/c1-2-3-4-10-5-7-11(8-6-10)17-18-12(9-14)13(15)16/h5-8,17H,2-4H2,1H3,(H3,15,16)/b18-12+. The number of hydrogen-bond acceptors (Lipinski definition) is 4. The van der Waals surface area contributed by atoms with Crippen LogP contribution in [0.25, 0.3) is 0 Å². The van der Waals surface area contributed by atoms with Crippen molar-refractivity contribution < 1.29 is 0 Å². The van der Waals surface area contributed by atoms with Gasteiger partial charge < -0.3 is 5.73 Å². The number of nitriles is 1. The SMILES string of the molecule is CCCCc1ccc(N/N=C(\C#N)C(=N)N)cc1. The van der Waals surface area contributed by atoms with E-state index in [1.807, 2.05) is 24.3 Å². The lowest BCUT2D eigenvalue weighted by molar-refractivity contribution is 0.795. The molecule has 1 aromatic rings. The fraction of sp³-hybridized carbons (Fsp3) is 0.308. The van der Waals surface area contributed by atoms with Crippen LogP contribution in [0, 0.1) is 16.7 Å². The molecule has 0 unspecified atom stereocenters. The Bertz CT molecular complexity index is 467. The topological polar surface area (TPSA) is 98.0 Å². The first kappa shape index (κ1) is 13.7. The molecule has 0 heterocycles. The molecule has 0 aromatic heterocycles. The van der Waals surface area contributed by atoms with Crippen LogP contribution >= 0.6 is 0 Å². The summed E-state index contributed by atoms with van der Waals surface area (Å²) in [5.74, 6) is -0.343. The van der Waals surface area contributed by atoms with Crippen LogP contribution in [0.5, 0.6) is 0 Å². The summed E-state index contributed by atoms with van der Waals surface area (Å²) < 4.78 is 0. The molecule has 0 aliphatic carbocycles. The number of amidine groups is 1. The van der Waals surface area contributed by atoms with Crippen LogP contribution in [0.3, 0.4) is 0 Å². The lowest BCUT2D eigenvalue weighted by Gasteiger charge is -2.03. The lowest BCUT2D eigenvalue weighted by Crippen LogP contribution is -2.21. The van der Waals surface area contributed by atoms with Gasteiger partial charge >= 0.3 is 0 Å². The number of unbranched alkanes of at least 4 members (excludes halogenated alkanes) is 1. The number of nitrogens with one attached hydrogen (secondary N) is 2. The zero-order valence-corrected chi connectivity index (χ0v) is 10.4. The Kier molecular flexibility index (Phi) is 5.39. The van der Waals surface area contributed by atoms with Gasteiger partial charge in [0, 0.05) is 0 Å². The van der Waals surface area contributed by atoms with E-state index >= 15 is 0 Å². The summed E-state index contributed by atoms with van der Waals surface area (Å²) in [6.07, 6.45) is 3.42. The van der Waals surface area contributed by atoms with Crippen LogP contribution < -0.4 is 11.2 Å². The highest BCUT2D eigenvalue weighted by Crippen LogP contribution is 2.11. The highest BCUT2D eigenvalue weighted by molar-refractivity contribution is 6.45. The third-order valence-corrected chi connectivity index (χ3v) is 2.43. The Morgan fingerprint density at radius 3 is 2.61 bits per heavy atom. The minimum atomic E-state index is -0.343. The molecule has 4 N–H and O–H groups in total. The van der Waals surface area contributed by atoms with Gasteiger partial charge in [-0.3, -0.25) is 10.8 Å². The molecule has 0 atom stereocenters. The Hall–Kier alpha value is -2.35. The maximum Gasteiger partial charge on any atom is 0.201 e. The summed E-state index contributed by atoms with van der Waals surface area (Å²) in [5.41, 5.74) is 9.81. The quantitative estimate of drug-likeness (QED) is 0.406. The first-order chi connectivity index (χ1) is 8.67. The van der Waals surface area contributed by atoms with E-state index in [1.165, 1.54) is 18.4 Å². The molecule has 1 rings (SSSR count). The summed E-state index contributed by atoms with van der Waals surface area (Å²) in [6.45, 7) is 2.16. The first-order valence-electron chi connectivity index (χ1n) is 5.84. The van der Waals surface area contributed by atoms with Crippen molar-refractivity contribution >= 4 is 17.2 Å². The van der Waals surface area contributed by atoms with Gasteiger partial charge in [-0.2, -0.15) is 10.4 Å². The van der Waals surface area contributed by atoms with Gasteiger partial charge in [-0.05, 0) is 30.5 Å². The number of nitrogens with zero attached hydrogens (tertiary/aromatic N) is 2. The molecule has 0 spiro atoms. The largest absolute Gasteiger partial charge is 0.382 e. The van der Waals surface area contributed by atoms with Crippen molar-refractivity contribution in [3.63, 3.8) is 0 Å². The van der Waals surface area contributed by atoms with Crippen molar-refractivity contribution in [1.29, 1.82) is 10.7 Å². The Morgan fingerprint density at radius 2 is 2.11 bits per heavy atom. The summed E-state index contributed by atoms with van der Waals surface area (Å²) in [7, 11) is 0. The van der Waals surface area contributed by atoms with Crippen LogP contribution in [0.15, 0.2) is 29.4 Å². The minimum Gasteiger partial charge on any atom is -0.382 e. The minimum absolute atomic E-state index is 0.120. The lowest BCUT2D eigenvalue weighted by atomic mass is 10.1. The zero-order chi connectivity index (χ0) is 13.4. The molecular weight excluding hydrogens is 226 g/mol. The van der Waals surface area contributed by atoms with Gasteiger partial charge in [-0.1, -0.05) is 25.5 Å². The normalized spacial score (nSPS) is 10.8. The van der Waals surface area contributed by atoms with Gasteiger partial charge in [-0.25, -0.2) is 0 Å². The van der Waals surface area contributed by atoms with Gasteiger partial charge in [0.05, 0.1) is 5.69 Å². The molecule has 5 nitrogen and oxygen atoms in total. The molecule has 0 saturated heterocycles. The van der Waals surface area contributed by atoms with Crippen molar-refractivity contribution in [2.75, 3.05) is 5.43 Å². The number of benzene rings is 1. The molecule has 0 aliphatic heterocycles. The maximum atomic E-state index is 8.67. The monoisotopic (exact) mass is 243 g/mol. The Labute approximate surface area is 107 Å². The number of hydrazone groups is 1. The van der Waals surface area contributed by atoms with Crippen LogP contribution in [0.2, 0.25) is 0 Å². The molecule has 0 saturated carbocycles. The smallest absolute Gasteiger partial charge is 0.201 e. The van der Waals surface area contributed by atoms with Gasteiger partial charge in [0.25, 0.3) is 0 Å². The van der Waals surface area contributed by atoms with E-state index in [0.717, 1.165) is 12.1 Å². The van der Waals surface area contributed by atoms with Crippen molar-refractivity contribution in [3.05, 3.63) is 29.8 Å². The zero-order valence-electron chi connectivity index (χ0n) is 10.4. The fourth-order valence-corrected chi connectivity index (χ4v) is 1.39. The van der Waals surface area contributed by atoms with Crippen LogP contribution in [-0.4, -0.2) is 11.5 Å². The molecule has 1 aromatic carbocycles. The highest BCUT2D eigenvalue weighted by Gasteiger charge is 2.00. The highest BCUT2D eigenvalue weighted by atomic mass is 15.3. The van der Waals surface area contributed by atoms with Crippen LogP contribution in [0.1, 0.15) is 25.3 Å². The molecule has 0 bridgehead atoms.